The number of hydrogen-bond acceptors (Lipinski definition) is 3. The van der Waals surface area contributed by atoms with Crippen molar-refractivity contribution in [2.75, 3.05) is 26.7 Å². The molecule has 28 heavy (non-hydrogen) atoms. The average molecular weight is 395 g/mol. The Morgan fingerprint density at radius 3 is 2.68 bits per heavy atom. The highest BCUT2D eigenvalue weighted by molar-refractivity contribution is 5.80. The van der Waals surface area contributed by atoms with Crippen LogP contribution in [0.2, 0.25) is 0 Å². The number of aliphatic imine (C=N–C) groups is 1. The van der Waals surface area contributed by atoms with Crippen molar-refractivity contribution >= 4 is 5.96 Å². The molecule has 0 spiro atoms. The molecular weight excluding hydrogens is 371 g/mol. The zero-order valence-electron chi connectivity index (χ0n) is 15.9. The Bertz CT molecular complexity index is 801. The van der Waals surface area contributed by atoms with Gasteiger partial charge in [-0.1, -0.05) is 12.1 Å². The minimum Gasteiger partial charge on any atom is -0.484 e. The van der Waals surface area contributed by atoms with Gasteiger partial charge in [-0.25, -0.2) is 0 Å². The SMILES string of the molecule is CN=C(NCc1ccc(OCC(F)(F)F)cc1)N1CCC(c2cnn(C)c2)C1. The lowest BCUT2D eigenvalue weighted by atomic mass is 10.0. The van der Waals surface area contributed by atoms with Crippen molar-refractivity contribution in [3.63, 3.8) is 0 Å². The summed E-state index contributed by atoms with van der Waals surface area (Å²) in [5.41, 5.74) is 2.17. The van der Waals surface area contributed by atoms with E-state index in [0.717, 1.165) is 31.0 Å². The number of ether oxygens (including phenoxy) is 1. The number of benzene rings is 1. The smallest absolute Gasteiger partial charge is 0.422 e. The first-order chi connectivity index (χ1) is 13.3. The maximum atomic E-state index is 12.2. The van der Waals surface area contributed by atoms with Crippen molar-refractivity contribution in [2.45, 2.75) is 25.1 Å². The summed E-state index contributed by atoms with van der Waals surface area (Å²) in [6, 6.07) is 6.57. The molecule has 152 valence electrons. The summed E-state index contributed by atoms with van der Waals surface area (Å²) in [6.07, 6.45) is 0.660. The second-order valence-electron chi connectivity index (χ2n) is 6.83. The third-order valence-corrected chi connectivity index (χ3v) is 4.67. The summed E-state index contributed by atoms with van der Waals surface area (Å²) in [5, 5.41) is 7.56. The van der Waals surface area contributed by atoms with E-state index in [2.05, 4.69) is 20.3 Å². The summed E-state index contributed by atoms with van der Waals surface area (Å²) in [7, 11) is 3.66. The van der Waals surface area contributed by atoms with Crippen LogP contribution < -0.4 is 10.1 Å². The molecule has 1 atom stereocenters. The monoisotopic (exact) mass is 395 g/mol. The van der Waals surface area contributed by atoms with Gasteiger partial charge in [-0.2, -0.15) is 18.3 Å². The Hall–Kier alpha value is -2.71. The van der Waals surface area contributed by atoms with E-state index in [0.29, 0.717) is 12.5 Å². The summed E-state index contributed by atoms with van der Waals surface area (Å²) in [5.74, 6) is 1.44. The molecule has 0 aliphatic carbocycles. The van der Waals surface area contributed by atoms with Gasteiger partial charge in [0.1, 0.15) is 5.75 Å². The van der Waals surface area contributed by atoms with Gasteiger partial charge in [0.25, 0.3) is 0 Å². The molecule has 1 fully saturated rings. The number of nitrogens with zero attached hydrogens (tertiary/aromatic N) is 4. The van der Waals surface area contributed by atoms with Crippen LogP contribution in [-0.4, -0.2) is 53.6 Å². The first kappa shape index (κ1) is 20.0. The molecule has 3 rings (SSSR count). The molecule has 1 aromatic heterocycles. The van der Waals surface area contributed by atoms with E-state index >= 15 is 0 Å². The number of aryl methyl sites for hydroxylation is 1. The second kappa shape index (κ2) is 8.53. The van der Waals surface area contributed by atoms with Gasteiger partial charge in [-0.15, -0.1) is 0 Å². The lowest BCUT2D eigenvalue weighted by molar-refractivity contribution is -0.153. The van der Waals surface area contributed by atoms with Gasteiger partial charge < -0.3 is 15.0 Å². The summed E-state index contributed by atoms with van der Waals surface area (Å²) < 4.78 is 43.1. The molecule has 6 nitrogen and oxygen atoms in total. The Morgan fingerprint density at radius 2 is 2.07 bits per heavy atom. The van der Waals surface area contributed by atoms with Crippen LogP contribution in [0.5, 0.6) is 5.75 Å². The van der Waals surface area contributed by atoms with Crippen molar-refractivity contribution in [2.24, 2.45) is 12.0 Å². The number of nitrogens with one attached hydrogen (secondary N) is 1. The maximum Gasteiger partial charge on any atom is 0.422 e. The molecule has 2 heterocycles. The van der Waals surface area contributed by atoms with Crippen molar-refractivity contribution < 1.29 is 17.9 Å². The lowest BCUT2D eigenvalue weighted by Gasteiger charge is -2.21. The molecule has 1 unspecified atom stereocenters. The maximum absolute atomic E-state index is 12.2. The number of aromatic nitrogens is 2. The molecule has 1 aliphatic rings. The van der Waals surface area contributed by atoms with Crippen LogP contribution in [0.25, 0.3) is 0 Å². The fraction of sp³-hybridized carbons (Fsp3) is 0.474. The van der Waals surface area contributed by atoms with Crippen LogP contribution in [-0.2, 0) is 13.6 Å². The molecule has 1 aromatic carbocycles. The van der Waals surface area contributed by atoms with Gasteiger partial charge >= 0.3 is 6.18 Å². The van der Waals surface area contributed by atoms with Crippen LogP contribution in [0, 0.1) is 0 Å². The van der Waals surface area contributed by atoms with Gasteiger partial charge in [0.2, 0.25) is 0 Å². The molecule has 0 saturated carbocycles. The number of alkyl halides is 3. The van der Waals surface area contributed by atoms with Crippen LogP contribution in [0.3, 0.4) is 0 Å². The van der Waals surface area contributed by atoms with E-state index in [1.165, 1.54) is 5.56 Å². The van der Waals surface area contributed by atoms with E-state index in [4.69, 9.17) is 4.74 Å². The molecule has 1 saturated heterocycles. The highest BCUT2D eigenvalue weighted by Gasteiger charge is 2.28. The third-order valence-electron chi connectivity index (χ3n) is 4.67. The van der Waals surface area contributed by atoms with E-state index in [9.17, 15) is 13.2 Å². The topological polar surface area (TPSA) is 54.7 Å². The molecule has 0 radical (unpaired) electrons. The van der Waals surface area contributed by atoms with E-state index in [1.807, 2.05) is 24.1 Å². The van der Waals surface area contributed by atoms with Crippen LogP contribution in [0.1, 0.15) is 23.5 Å². The van der Waals surface area contributed by atoms with E-state index in [1.54, 1.807) is 31.3 Å². The third kappa shape index (κ3) is 5.40. The Kier molecular flexibility index (Phi) is 6.11. The van der Waals surface area contributed by atoms with Gasteiger partial charge in [0, 0.05) is 45.8 Å². The fourth-order valence-electron chi connectivity index (χ4n) is 3.26. The number of rotatable bonds is 5. The second-order valence-corrected chi connectivity index (χ2v) is 6.83. The fourth-order valence-corrected chi connectivity index (χ4v) is 3.26. The van der Waals surface area contributed by atoms with E-state index in [-0.39, 0.29) is 5.75 Å². The standard InChI is InChI=1S/C19H24F3N5O/c1-23-18(27-8-7-15(12-27)16-10-25-26(2)11-16)24-9-14-3-5-17(6-4-14)28-13-19(20,21)22/h3-6,10-11,15H,7-9,12-13H2,1-2H3,(H,23,24). The lowest BCUT2D eigenvalue weighted by Crippen LogP contribution is -2.39. The first-order valence-corrected chi connectivity index (χ1v) is 9.06. The van der Waals surface area contributed by atoms with E-state index < -0.39 is 12.8 Å². The number of guanidine groups is 1. The van der Waals surface area contributed by atoms with Crippen LogP contribution >= 0.6 is 0 Å². The first-order valence-electron chi connectivity index (χ1n) is 9.06. The van der Waals surface area contributed by atoms with Crippen LogP contribution in [0.4, 0.5) is 13.2 Å². The average Bonchev–Trinajstić information content (AvgIpc) is 3.30. The zero-order valence-corrected chi connectivity index (χ0v) is 15.9. The minimum absolute atomic E-state index is 0.198. The predicted octanol–water partition coefficient (Wildman–Crippen LogP) is 2.93. The quantitative estimate of drug-likeness (QED) is 0.625. The number of likely N-dealkylation sites (tertiary alicyclic amines) is 1. The van der Waals surface area contributed by atoms with Gasteiger partial charge in [0.05, 0.1) is 6.20 Å². The summed E-state index contributed by atoms with van der Waals surface area (Å²) >= 11 is 0. The van der Waals surface area contributed by atoms with Crippen molar-refractivity contribution in [3.8, 4) is 5.75 Å². The number of hydrogen-bond donors (Lipinski definition) is 1. The summed E-state index contributed by atoms with van der Waals surface area (Å²) in [6.45, 7) is 1.02. The Morgan fingerprint density at radius 1 is 1.32 bits per heavy atom. The van der Waals surface area contributed by atoms with Gasteiger partial charge in [-0.3, -0.25) is 9.67 Å². The molecule has 1 aliphatic heterocycles. The molecule has 9 heteroatoms. The predicted molar refractivity (Wildman–Crippen MR) is 100 cm³/mol. The molecule has 2 aromatic rings. The highest BCUT2D eigenvalue weighted by atomic mass is 19.4. The summed E-state index contributed by atoms with van der Waals surface area (Å²) in [4.78, 5) is 6.56. The van der Waals surface area contributed by atoms with Crippen LogP contribution in [0.15, 0.2) is 41.7 Å². The van der Waals surface area contributed by atoms with Gasteiger partial charge in [-0.05, 0) is 29.7 Å². The van der Waals surface area contributed by atoms with Gasteiger partial charge in [0.15, 0.2) is 12.6 Å². The Labute approximate surface area is 162 Å². The molecule has 0 bridgehead atoms. The van der Waals surface area contributed by atoms with Crippen molar-refractivity contribution in [1.29, 1.82) is 0 Å². The highest BCUT2D eigenvalue weighted by Crippen LogP contribution is 2.26. The van der Waals surface area contributed by atoms with Crippen molar-refractivity contribution in [3.05, 3.63) is 47.8 Å². The molecule has 0 amide bonds. The number of halogens is 3. The molecule has 1 N–H and O–H groups in total. The largest absolute Gasteiger partial charge is 0.484 e. The minimum atomic E-state index is -4.34. The normalized spacial score (nSPS) is 17.8. The van der Waals surface area contributed by atoms with Crippen molar-refractivity contribution in [1.82, 2.24) is 20.0 Å². The zero-order chi connectivity index (χ0) is 20.1. The Balaban J connectivity index is 1.50. The molecular formula is C19H24F3N5O.